The maximum Gasteiger partial charge on any atom is 0.306 e. The minimum absolute atomic E-state index is 0.0179. The first-order valence-electron chi connectivity index (χ1n) is 18.4. The normalized spacial score (nSPS) is 15.7. The second kappa shape index (κ2) is 15.5. The first-order valence-corrected chi connectivity index (χ1v) is 18.4. The molecule has 0 atom stereocenters. The maximum atomic E-state index is 12.6. The second-order valence-corrected chi connectivity index (χ2v) is 14.4. The number of hydrogen-bond donors (Lipinski definition) is 2. The van der Waals surface area contributed by atoms with Crippen molar-refractivity contribution in [3.8, 4) is 0 Å². The number of carbonyl (C=O) groups excluding carboxylic acids is 2. The van der Waals surface area contributed by atoms with E-state index in [9.17, 15) is 9.59 Å². The number of nitrogens with one attached hydrogen (secondary N) is 2. The van der Waals surface area contributed by atoms with Crippen LogP contribution in [0.1, 0.15) is 46.1 Å². The molecule has 1 saturated heterocycles. The van der Waals surface area contributed by atoms with Gasteiger partial charge in [0.25, 0.3) is 0 Å². The molecule has 2 heterocycles. The summed E-state index contributed by atoms with van der Waals surface area (Å²) in [6.45, 7) is 12.0. The second-order valence-electron chi connectivity index (χ2n) is 14.4. The van der Waals surface area contributed by atoms with Gasteiger partial charge in [-0.3, -0.25) is 14.5 Å². The number of fused-ring (bicyclic) bond motifs is 1. The van der Waals surface area contributed by atoms with Crippen LogP contribution in [0, 0.1) is 0 Å². The third-order valence-corrected chi connectivity index (χ3v) is 9.86. The molecule has 2 aliphatic heterocycles. The number of anilines is 2. The van der Waals surface area contributed by atoms with E-state index in [0.29, 0.717) is 31.2 Å². The first-order chi connectivity index (χ1) is 25.6. The summed E-state index contributed by atoms with van der Waals surface area (Å²) in [6.07, 6.45) is 0.854. The summed E-state index contributed by atoms with van der Waals surface area (Å²) in [5.41, 5.74) is 5.88. The van der Waals surface area contributed by atoms with Crippen LogP contribution in [0.2, 0.25) is 0 Å². The fraction of sp³-hybridized carbons (Fsp3) is 0.333. The van der Waals surface area contributed by atoms with Crippen molar-refractivity contribution in [1.29, 1.82) is 0 Å². The highest BCUT2D eigenvalue weighted by atomic mass is 16.5. The number of nitrogens with zero attached hydrogens (tertiary/aromatic N) is 6. The zero-order chi connectivity index (χ0) is 37.0. The van der Waals surface area contributed by atoms with Gasteiger partial charge in [-0.1, -0.05) is 48.5 Å². The van der Waals surface area contributed by atoms with Gasteiger partial charge in [0.2, 0.25) is 5.91 Å². The van der Waals surface area contributed by atoms with E-state index in [1.165, 1.54) is 0 Å². The van der Waals surface area contributed by atoms with Gasteiger partial charge in [-0.2, -0.15) is 5.11 Å². The summed E-state index contributed by atoms with van der Waals surface area (Å²) in [7, 11) is 0. The fourth-order valence-electron chi connectivity index (χ4n) is 6.99. The van der Waals surface area contributed by atoms with E-state index in [-0.39, 0.29) is 37.0 Å². The Morgan fingerprint density at radius 2 is 1.28 bits per heavy atom. The van der Waals surface area contributed by atoms with E-state index in [1.54, 1.807) is 0 Å². The molecule has 11 nitrogen and oxygen atoms in total. The van der Waals surface area contributed by atoms with Crippen LogP contribution in [0.15, 0.2) is 111 Å². The van der Waals surface area contributed by atoms with Crippen LogP contribution in [0.4, 0.5) is 34.1 Å². The third kappa shape index (κ3) is 8.36. The van der Waals surface area contributed by atoms with Gasteiger partial charge in [0.05, 0.1) is 35.8 Å². The lowest BCUT2D eigenvalue weighted by molar-refractivity contribution is -0.146. The van der Waals surface area contributed by atoms with Crippen molar-refractivity contribution >= 4 is 67.5 Å². The Labute approximate surface area is 310 Å². The molecule has 1 amide bonds. The smallest absolute Gasteiger partial charge is 0.306 e. The number of amides is 1. The predicted octanol–water partition coefficient (Wildman–Crippen LogP) is 9.82. The summed E-state index contributed by atoms with van der Waals surface area (Å²) < 4.78 is 5.42. The molecule has 2 N–H and O–H groups in total. The van der Waals surface area contributed by atoms with Crippen LogP contribution in [-0.4, -0.2) is 66.2 Å². The molecule has 0 spiro atoms. The number of piperazine rings is 1. The molecule has 1 fully saturated rings. The zero-order valence-electron chi connectivity index (χ0n) is 30.8. The molecule has 0 aliphatic carbocycles. The van der Waals surface area contributed by atoms with Gasteiger partial charge < -0.3 is 20.3 Å². The maximum absolute atomic E-state index is 12.6. The lowest BCUT2D eigenvalue weighted by Gasteiger charge is -2.36. The van der Waals surface area contributed by atoms with E-state index in [1.807, 2.05) is 77.7 Å². The van der Waals surface area contributed by atoms with Crippen LogP contribution >= 0.6 is 0 Å². The Morgan fingerprint density at radius 1 is 0.698 bits per heavy atom. The number of benzene rings is 5. The Bertz CT molecular complexity index is 2170. The number of hydrogen-bond acceptors (Lipinski definition) is 10. The molecule has 0 unspecified atom stereocenters. The van der Waals surface area contributed by atoms with E-state index in [4.69, 9.17) is 15.0 Å². The van der Waals surface area contributed by atoms with E-state index in [0.717, 1.165) is 68.6 Å². The van der Waals surface area contributed by atoms with Crippen molar-refractivity contribution in [2.24, 2.45) is 20.5 Å². The van der Waals surface area contributed by atoms with Gasteiger partial charge in [0.1, 0.15) is 5.66 Å². The van der Waals surface area contributed by atoms with Crippen molar-refractivity contribution in [1.82, 2.24) is 9.80 Å². The minimum atomic E-state index is -0.347. The van der Waals surface area contributed by atoms with Crippen LogP contribution in [-0.2, 0) is 20.7 Å². The van der Waals surface area contributed by atoms with Crippen LogP contribution in [0.25, 0.3) is 21.5 Å². The van der Waals surface area contributed by atoms with Crippen molar-refractivity contribution in [3.05, 3.63) is 96.6 Å². The highest BCUT2D eigenvalue weighted by molar-refractivity contribution is 6.09. The van der Waals surface area contributed by atoms with Crippen molar-refractivity contribution < 1.29 is 14.3 Å². The number of ether oxygens (including phenoxy) is 1. The fourth-order valence-corrected chi connectivity index (χ4v) is 6.99. The van der Waals surface area contributed by atoms with E-state index >= 15 is 0 Å². The van der Waals surface area contributed by atoms with Crippen molar-refractivity contribution in [3.63, 3.8) is 0 Å². The Morgan fingerprint density at radius 3 is 1.94 bits per heavy atom. The number of azo groups is 2. The van der Waals surface area contributed by atoms with Gasteiger partial charge in [-0.05, 0) is 75.7 Å². The highest BCUT2D eigenvalue weighted by Crippen LogP contribution is 2.42. The molecule has 0 radical (unpaired) electrons. The van der Waals surface area contributed by atoms with E-state index in [2.05, 4.69) is 71.7 Å². The van der Waals surface area contributed by atoms with Crippen LogP contribution in [0.5, 0.6) is 0 Å². The molecule has 272 valence electrons. The lowest BCUT2D eigenvalue weighted by atomic mass is 10.00. The predicted molar refractivity (Wildman–Crippen MR) is 211 cm³/mol. The van der Waals surface area contributed by atoms with Gasteiger partial charge in [0.15, 0.2) is 0 Å². The van der Waals surface area contributed by atoms with Crippen molar-refractivity contribution in [2.75, 3.05) is 43.4 Å². The summed E-state index contributed by atoms with van der Waals surface area (Å²) in [5, 5.41) is 29.6. The van der Waals surface area contributed by atoms with Gasteiger partial charge in [-0.15, -0.1) is 15.3 Å². The molecule has 11 heteroatoms. The molecule has 53 heavy (non-hydrogen) atoms. The Balaban J connectivity index is 0.941. The first kappa shape index (κ1) is 35.7. The topological polar surface area (TPSA) is 123 Å². The molecule has 2 aliphatic rings. The van der Waals surface area contributed by atoms with Gasteiger partial charge in [-0.25, -0.2) is 0 Å². The molecular weight excluding hydrogens is 665 g/mol. The summed E-state index contributed by atoms with van der Waals surface area (Å²) in [6, 6.07) is 30.3. The molecule has 0 aromatic heterocycles. The average molecular weight is 711 g/mol. The summed E-state index contributed by atoms with van der Waals surface area (Å²) >= 11 is 0. The Kier molecular flexibility index (Phi) is 10.5. The molecule has 5 aromatic rings. The van der Waals surface area contributed by atoms with Crippen LogP contribution in [0.3, 0.4) is 0 Å². The highest BCUT2D eigenvalue weighted by Gasteiger charge is 2.26. The number of esters is 1. The molecule has 5 aromatic carbocycles. The SMILES string of the molecule is CC(C)N1CCN(C(=O)CCC(=O)OCCc2ccc(N=Nc3ccc(N=Nc4ccc5c6c(cccc46)NC(C)(C)N5)c4ccccc34)cc2)CC1. The van der Waals surface area contributed by atoms with Crippen LogP contribution < -0.4 is 10.6 Å². The summed E-state index contributed by atoms with van der Waals surface area (Å²) in [4.78, 5) is 29.1. The molecule has 0 saturated carbocycles. The Hall–Kier alpha value is -5.68. The standard InChI is InChI=1S/C42H46N8O3/c1-28(2)49-23-25-50(26-24-49)39(51)20-21-40(52)53-27-22-29-12-14-30(15-13-29)45-46-34-16-17-35(32-9-6-5-8-31(32)34)47-48-36-18-19-38-41-33(36)10-7-11-37(41)43-42(3,4)44-38/h5-19,28,43-44H,20-27H2,1-4H3. The molecular formula is C42H46N8O3. The van der Waals surface area contributed by atoms with Gasteiger partial charge >= 0.3 is 5.97 Å². The van der Waals surface area contributed by atoms with Gasteiger partial charge in [0, 0.05) is 78.0 Å². The third-order valence-electron chi connectivity index (χ3n) is 9.86. The minimum Gasteiger partial charge on any atom is -0.465 e. The zero-order valence-corrected chi connectivity index (χ0v) is 30.8. The number of carbonyl (C=O) groups is 2. The lowest BCUT2D eigenvalue weighted by Crippen LogP contribution is -2.50. The molecule has 7 rings (SSSR count). The largest absolute Gasteiger partial charge is 0.465 e. The average Bonchev–Trinajstić information content (AvgIpc) is 3.16. The van der Waals surface area contributed by atoms with Crippen molar-refractivity contribution in [2.45, 2.75) is 58.7 Å². The monoisotopic (exact) mass is 710 g/mol. The summed E-state index contributed by atoms with van der Waals surface area (Å²) in [5.74, 6) is -0.329. The number of rotatable bonds is 11. The molecule has 0 bridgehead atoms. The quantitative estimate of drug-likeness (QED) is 0.104. The van der Waals surface area contributed by atoms with E-state index < -0.39 is 0 Å².